The Balaban J connectivity index is 1.67. The third kappa shape index (κ3) is 2.65. The van der Waals surface area contributed by atoms with Crippen LogP contribution in [-0.4, -0.2) is 21.0 Å². The number of nitrogens with one attached hydrogen (secondary N) is 2. The molecule has 1 aliphatic carbocycles. The minimum absolute atomic E-state index is 0.251. The maximum absolute atomic E-state index is 11.0. The van der Waals surface area contributed by atoms with Crippen LogP contribution >= 0.6 is 0 Å². The number of carboxylic acids is 1. The van der Waals surface area contributed by atoms with Crippen molar-refractivity contribution in [3.63, 3.8) is 0 Å². The van der Waals surface area contributed by atoms with Crippen LogP contribution in [0.1, 0.15) is 34.3 Å². The Labute approximate surface area is 133 Å². The number of benzene rings is 2. The number of rotatable bonds is 3. The van der Waals surface area contributed by atoms with Crippen LogP contribution < -0.4 is 5.32 Å². The van der Waals surface area contributed by atoms with Gasteiger partial charge in [-0.15, -0.1) is 0 Å². The fourth-order valence-electron chi connectivity index (χ4n) is 3.17. The summed E-state index contributed by atoms with van der Waals surface area (Å²) in [7, 11) is 0. The Bertz CT molecular complexity index is 855. The summed E-state index contributed by atoms with van der Waals surface area (Å²) in [5, 5.41) is 12.2. The second-order valence-electron chi connectivity index (χ2n) is 5.94. The highest BCUT2D eigenvalue weighted by Gasteiger charge is 2.13. The number of aromatic nitrogens is 2. The molecule has 5 heteroatoms. The van der Waals surface area contributed by atoms with E-state index in [1.54, 1.807) is 18.2 Å². The molecule has 0 spiro atoms. The Morgan fingerprint density at radius 1 is 1.13 bits per heavy atom. The van der Waals surface area contributed by atoms with E-state index >= 15 is 0 Å². The first-order chi connectivity index (χ1) is 11.2. The molecule has 0 atom stereocenters. The van der Waals surface area contributed by atoms with Crippen LogP contribution in [0.5, 0.6) is 0 Å². The van der Waals surface area contributed by atoms with Gasteiger partial charge in [-0.05, 0) is 67.1 Å². The minimum atomic E-state index is -0.939. The monoisotopic (exact) mass is 307 g/mol. The summed E-state index contributed by atoms with van der Waals surface area (Å²) in [5.41, 5.74) is 5.72. The Hall–Kier alpha value is -2.82. The summed E-state index contributed by atoms with van der Waals surface area (Å²) in [6.07, 6.45) is 4.75. The summed E-state index contributed by atoms with van der Waals surface area (Å²) in [5.74, 6) is -0.309. The average molecular weight is 307 g/mol. The number of carboxylic acid groups (broad SMARTS) is 1. The van der Waals surface area contributed by atoms with E-state index < -0.39 is 5.97 Å². The van der Waals surface area contributed by atoms with Gasteiger partial charge < -0.3 is 15.4 Å². The first-order valence-electron chi connectivity index (χ1n) is 7.81. The lowest BCUT2D eigenvalue weighted by Gasteiger charge is -2.14. The molecule has 0 saturated carbocycles. The molecule has 5 nitrogen and oxygen atoms in total. The van der Waals surface area contributed by atoms with Crippen molar-refractivity contribution < 1.29 is 9.90 Å². The van der Waals surface area contributed by atoms with Gasteiger partial charge in [0.05, 0.1) is 16.6 Å². The molecule has 1 aromatic heterocycles. The SMILES string of the molecule is O=C(O)c1cccc(Nc2nc3cc4c(cc3[nH]2)CCCC4)c1. The van der Waals surface area contributed by atoms with Crippen LogP contribution in [0.15, 0.2) is 36.4 Å². The van der Waals surface area contributed by atoms with Gasteiger partial charge in [-0.2, -0.15) is 0 Å². The molecule has 0 bridgehead atoms. The molecule has 0 unspecified atom stereocenters. The summed E-state index contributed by atoms with van der Waals surface area (Å²) in [6, 6.07) is 11.1. The zero-order chi connectivity index (χ0) is 15.8. The van der Waals surface area contributed by atoms with Crippen molar-refractivity contribution in [2.24, 2.45) is 0 Å². The number of aromatic carboxylic acids is 1. The highest BCUT2D eigenvalue weighted by atomic mass is 16.4. The standard InChI is InChI=1S/C18H17N3O2/c22-17(23)13-6-3-7-14(8-13)19-18-20-15-9-11-4-1-2-5-12(11)10-16(15)21-18/h3,6-10H,1-2,4-5H2,(H,22,23)(H2,19,20,21). The van der Waals surface area contributed by atoms with E-state index in [4.69, 9.17) is 5.11 Å². The van der Waals surface area contributed by atoms with Crippen molar-refractivity contribution in [3.8, 4) is 0 Å². The molecule has 2 aromatic carbocycles. The molecule has 23 heavy (non-hydrogen) atoms. The topological polar surface area (TPSA) is 78.0 Å². The fourth-order valence-corrected chi connectivity index (χ4v) is 3.17. The highest BCUT2D eigenvalue weighted by molar-refractivity contribution is 5.89. The molecule has 3 aromatic rings. The van der Waals surface area contributed by atoms with Crippen molar-refractivity contribution in [3.05, 3.63) is 53.1 Å². The quantitative estimate of drug-likeness (QED) is 0.686. The van der Waals surface area contributed by atoms with Crippen LogP contribution in [0, 0.1) is 0 Å². The number of aromatic amines is 1. The van der Waals surface area contributed by atoms with E-state index in [9.17, 15) is 4.79 Å². The van der Waals surface area contributed by atoms with Crippen LogP contribution in [-0.2, 0) is 12.8 Å². The van der Waals surface area contributed by atoms with Gasteiger partial charge in [0.1, 0.15) is 0 Å². The Kier molecular flexibility index (Phi) is 3.26. The number of H-pyrrole nitrogens is 1. The zero-order valence-electron chi connectivity index (χ0n) is 12.6. The van der Waals surface area contributed by atoms with E-state index in [0.29, 0.717) is 11.6 Å². The number of aryl methyl sites for hydroxylation is 2. The Morgan fingerprint density at radius 2 is 1.91 bits per heavy atom. The smallest absolute Gasteiger partial charge is 0.335 e. The van der Waals surface area contributed by atoms with E-state index in [2.05, 4.69) is 27.4 Å². The van der Waals surface area contributed by atoms with Crippen LogP contribution in [0.2, 0.25) is 0 Å². The first kappa shape index (κ1) is 13.8. The minimum Gasteiger partial charge on any atom is -0.478 e. The van der Waals surface area contributed by atoms with E-state index in [1.165, 1.54) is 24.0 Å². The normalized spacial score (nSPS) is 13.7. The molecule has 1 aliphatic rings. The van der Waals surface area contributed by atoms with Crippen LogP contribution in [0.25, 0.3) is 11.0 Å². The maximum atomic E-state index is 11.0. The van der Waals surface area contributed by atoms with Crippen molar-refractivity contribution in [2.45, 2.75) is 25.7 Å². The summed E-state index contributed by atoms with van der Waals surface area (Å²) in [6.45, 7) is 0. The predicted molar refractivity (Wildman–Crippen MR) is 89.4 cm³/mol. The molecule has 3 N–H and O–H groups in total. The second-order valence-corrected chi connectivity index (χ2v) is 5.94. The van der Waals surface area contributed by atoms with Gasteiger partial charge in [-0.1, -0.05) is 6.07 Å². The zero-order valence-corrected chi connectivity index (χ0v) is 12.6. The molecule has 116 valence electrons. The van der Waals surface area contributed by atoms with Crippen LogP contribution in [0.3, 0.4) is 0 Å². The van der Waals surface area contributed by atoms with Gasteiger partial charge in [0.2, 0.25) is 5.95 Å². The van der Waals surface area contributed by atoms with E-state index in [-0.39, 0.29) is 5.56 Å². The average Bonchev–Trinajstić information content (AvgIpc) is 2.93. The number of carbonyl (C=O) groups is 1. The molecule has 0 saturated heterocycles. The molecule has 0 fully saturated rings. The van der Waals surface area contributed by atoms with Crippen molar-refractivity contribution >= 4 is 28.6 Å². The first-order valence-corrected chi connectivity index (χ1v) is 7.81. The molecular formula is C18H17N3O2. The van der Waals surface area contributed by atoms with Gasteiger partial charge in [0.15, 0.2) is 0 Å². The largest absolute Gasteiger partial charge is 0.478 e. The van der Waals surface area contributed by atoms with Crippen molar-refractivity contribution in [1.29, 1.82) is 0 Å². The number of imidazole rings is 1. The lowest BCUT2D eigenvalue weighted by molar-refractivity contribution is 0.0697. The van der Waals surface area contributed by atoms with Gasteiger partial charge in [-0.3, -0.25) is 0 Å². The summed E-state index contributed by atoms with van der Waals surface area (Å²) < 4.78 is 0. The number of hydrogen-bond donors (Lipinski definition) is 3. The second kappa shape index (κ2) is 5.43. The summed E-state index contributed by atoms with van der Waals surface area (Å²) >= 11 is 0. The molecule has 4 rings (SSSR count). The molecule has 0 amide bonds. The third-order valence-electron chi connectivity index (χ3n) is 4.32. The number of fused-ring (bicyclic) bond motifs is 2. The number of hydrogen-bond acceptors (Lipinski definition) is 3. The third-order valence-corrected chi connectivity index (χ3v) is 4.32. The van der Waals surface area contributed by atoms with E-state index in [1.807, 2.05) is 6.07 Å². The van der Waals surface area contributed by atoms with E-state index in [0.717, 1.165) is 23.9 Å². The molecule has 0 radical (unpaired) electrons. The lowest BCUT2D eigenvalue weighted by atomic mass is 9.91. The highest BCUT2D eigenvalue weighted by Crippen LogP contribution is 2.27. The number of anilines is 2. The summed E-state index contributed by atoms with van der Waals surface area (Å²) in [4.78, 5) is 18.9. The van der Waals surface area contributed by atoms with Gasteiger partial charge in [0.25, 0.3) is 0 Å². The van der Waals surface area contributed by atoms with Gasteiger partial charge in [-0.25, -0.2) is 9.78 Å². The Morgan fingerprint density at radius 3 is 2.70 bits per heavy atom. The predicted octanol–water partition coefficient (Wildman–Crippen LogP) is 3.88. The molecular weight excluding hydrogens is 290 g/mol. The van der Waals surface area contributed by atoms with Gasteiger partial charge >= 0.3 is 5.97 Å². The number of nitrogens with zero attached hydrogens (tertiary/aromatic N) is 1. The van der Waals surface area contributed by atoms with Crippen molar-refractivity contribution in [2.75, 3.05) is 5.32 Å². The van der Waals surface area contributed by atoms with Crippen LogP contribution in [0.4, 0.5) is 11.6 Å². The maximum Gasteiger partial charge on any atom is 0.335 e. The van der Waals surface area contributed by atoms with Gasteiger partial charge in [0, 0.05) is 5.69 Å². The molecule has 1 heterocycles. The lowest BCUT2D eigenvalue weighted by Crippen LogP contribution is -2.01. The van der Waals surface area contributed by atoms with Crippen molar-refractivity contribution in [1.82, 2.24) is 9.97 Å². The molecule has 0 aliphatic heterocycles. The fraction of sp³-hybridized carbons (Fsp3) is 0.222.